The Morgan fingerprint density at radius 3 is 2.71 bits per heavy atom. The maximum Gasteiger partial charge on any atom is 0.342 e. The highest BCUT2D eigenvalue weighted by atomic mass is 16.5. The number of nitrogens with zero attached hydrogens (tertiary/aromatic N) is 2. The summed E-state index contributed by atoms with van der Waals surface area (Å²) in [5.74, 6) is -0.296. The molecule has 0 saturated heterocycles. The first-order valence-electron chi connectivity index (χ1n) is 5.70. The van der Waals surface area contributed by atoms with Crippen LogP contribution in [0.4, 0.5) is 4.79 Å². The molecule has 0 unspecified atom stereocenters. The average Bonchev–Trinajstić information content (AvgIpc) is 2.27. The van der Waals surface area contributed by atoms with Gasteiger partial charge in [-0.25, -0.2) is 4.79 Å². The Labute approximate surface area is 102 Å². The first kappa shape index (κ1) is 15.4. The largest absolute Gasteiger partial charge is 0.466 e. The van der Waals surface area contributed by atoms with Gasteiger partial charge in [0, 0.05) is 20.6 Å². The van der Waals surface area contributed by atoms with E-state index in [-0.39, 0.29) is 18.9 Å². The number of unbranched alkanes of at least 4 members (excludes halogenated alkanes) is 1. The summed E-state index contributed by atoms with van der Waals surface area (Å²) in [5, 5.41) is 2.49. The molecular weight excluding hydrogens is 222 g/mol. The SMILES string of the molecule is CCCCOC(=O)CCNC(=O)/N=C/N(C)C. The lowest BCUT2D eigenvalue weighted by Gasteiger charge is -2.04. The van der Waals surface area contributed by atoms with E-state index in [1.165, 1.54) is 6.34 Å². The van der Waals surface area contributed by atoms with Crippen LogP contribution < -0.4 is 5.32 Å². The number of hydrogen-bond acceptors (Lipinski definition) is 3. The first-order valence-corrected chi connectivity index (χ1v) is 5.70. The monoisotopic (exact) mass is 243 g/mol. The molecule has 0 aromatic carbocycles. The molecule has 98 valence electrons. The number of nitrogens with one attached hydrogen (secondary N) is 1. The Balaban J connectivity index is 3.55. The molecule has 2 amide bonds. The van der Waals surface area contributed by atoms with Gasteiger partial charge in [0.25, 0.3) is 0 Å². The second-order valence-corrected chi connectivity index (χ2v) is 3.76. The van der Waals surface area contributed by atoms with E-state index < -0.39 is 6.03 Å². The Kier molecular flexibility index (Phi) is 8.72. The number of rotatable bonds is 7. The summed E-state index contributed by atoms with van der Waals surface area (Å²) < 4.78 is 4.93. The van der Waals surface area contributed by atoms with Crippen molar-refractivity contribution in [2.75, 3.05) is 27.2 Å². The van der Waals surface area contributed by atoms with Gasteiger partial charge in [-0.3, -0.25) is 4.79 Å². The molecular formula is C11H21N3O3. The maximum absolute atomic E-state index is 11.1. The molecule has 6 nitrogen and oxygen atoms in total. The molecule has 6 heteroatoms. The summed E-state index contributed by atoms with van der Waals surface area (Å²) in [7, 11) is 3.53. The quantitative estimate of drug-likeness (QED) is 0.313. The Bertz CT molecular complexity index is 265. The van der Waals surface area contributed by atoms with E-state index in [1.807, 2.05) is 6.92 Å². The number of hydrogen-bond donors (Lipinski definition) is 1. The minimum Gasteiger partial charge on any atom is -0.466 e. The van der Waals surface area contributed by atoms with Gasteiger partial charge in [-0.2, -0.15) is 4.99 Å². The molecule has 0 bridgehead atoms. The number of aliphatic imine (C=N–C) groups is 1. The van der Waals surface area contributed by atoms with Crippen molar-refractivity contribution in [1.29, 1.82) is 0 Å². The zero-order valence-electron chi connectivity index (χ0n) is 10.7. The van der Waals surface area contributed by atoms with E-state index in [1.54, 1.807) is 19.0 Å². The topological polar surface area (TPSA) is 71.0 Å². The van der Waals surface area contributed by atoms with Crippen LogP contribution in [0.15, 0.2) is 4.99 Å². The van der Waals surface area contributed by atoms with Gasteiger partial charge in [-0.15, -0.1) is 0 Å². The van der Waals surface area contributed by atoms with E-state index in [9.17, 15) is 9.59 Å². The predicted octanol–water partition coefficient (Wildman–Crippen LogP) is 1.02. The second-order valence-electron chi connectivity index (χ2n) is 3.76. The van der Waals surface area contributed by atoms with Crippen LogP contribution in [0.3, 0.4) is 0 Å². The van der Waals surface area contributed by atoms with Gasteiger partial charge in [0.05, 0.1) is 19.4 Å². The third-order valence-corrected chi connectivity index (χ3v) is 1.77. The minimum atomic E-state index is -0.458. The van der Waals surface area contributed by atoms with Crippen LogP contribution in [-0.2, 0) is 9.53 Å². The van der Waals surface area contributed by atoms with Gasteiger partial charge in [0.15, 0.2) is 0 Å². The third-order valence-electron chi connectivity index (χ3n) is 1.77. The van der Waals surface area contributed by atoms with Crippen LogP contribution in [-0.4, -0.2) is 50.5 Å². The van der Waals surface area contributed by atoms with Crippen LogP contribution >= 0.6 is 0 Å². The Morgan fingerprint density at radius 1 is 1.41 bits per heavy atom. The van der Waals surface area contributed by atoms with Crippen molar-refractivity contribution < 1.29 is 14.3 Å². The van der Waals surface area contributed by atoms with E-state index in [4.69, 9.17) is 4.74 Å². The number of urea groups is 1. The van der Waals surface area contributed by atoms with Crippen molar-refractivity contribution in [3.05, 3.63) is 0 Å². The number of carbonyl (C=O) groups excluding carboxylic acids is 2. The van der Waals surface area contributed by atoms with E-state index in [2.05, 4.69) is 10.3 Å². The van der Waals surface area contributed by atoms with Crippen molar-refractivity contribution in [2.45, 2.75) is 26.2 Å². The second kappa shape index (κ2) is 9.62. The molecule has 0 aliphatic heterocycles. The van der Waals surface area contributed by atoms with Crippen LogP contribution in [0.5, 0.6) is 0 Å². The number of carbonyl (C=O) groups is 2. The summed E-state index contributed by atoms with van der Waals surface area (Å²) >= 11 is 0. The number of ether oxygens (including phenoxy) is 1. The zero-order valence-corrected chi connectivity index (χ0v) is 10.7. The van der Waals surface area contributed by atoms with Gasteiger partial charge in [0.2, 0.25) is 0 Å². The molecule has 0 heterocycles. The predicted molar refractivity (Wildman–Crippen MR) is 66.1 cm³/mol. The molecule has 0 radical (unpaired) electrons. The standard InChI is InChI=1S/C11H21N3O3/c1-4-5-8-17-10(15)6-7-12-11(16)13-9-14(2)3/h9H,4-8H2,1-3H3,(H,12,16)/b13-9+. The number of amides is 2. The van der Waals surface area contributed by atoms with E-state index in [0.29, 0.717) is 6.61 Å². The lowest BCUT2D eigenvalue weighted by atomic mass is 10.3. The van der Waals surface area contributed by atoms with E-state index in [0.717, 1.165) is 12.8 Å². The molecule has 0 aliphatic rings. The third kappa shape index (κ3) is 10.7. The maximum atomic E-state index is 11.1. The van der Waals surface area contributed by atoms with Gasteiger partial charge >= 0.3 is 12.0 Å². The fourth-order valence-corrected chi connectivity index (χ4v) is 0.888. The van der Waals surface area contributed by atoms with Gasteiger partial charge in [0.1, 0.15) is 0 Å². The Hall–Kier alpha value is -1.59. The summed E-state index contributed by atoms with van der Waals surface area (Å²) in [6, 6.07) is -0.458. The Morgan fingerprint density at radius 2 is 2.12 bits per heavy atom. The van der Waals surface area contributed by atoms with Gasteiger partial charge in [-0.05, 0) is 6.42 Å². The van der Waals surface area contributed by atoms with Gasteiger partial charge < -0.3 is 15.0 Å². The zero-order chi connectivity index (χ0) is 13.1. The molecule has 0 aliphatic carbocycles. The molecule has 0 fully saturated rings. The van der Waals surface area contributed by atoms with Crippen molar-refractivity contribution in [2.24, 2.45) is 4.99 Å². The molecule has 0 spiro atoms. The highest BCUT2D eigenvalue weighted by Gasteiger charge is 2.03. The summed E-state index contributed by atoms with van der Waals surface area (Å²) in [6.45, 7) is 2.72. The lowest BCUT2D eigenvalue weighted by Crippen LogP contribution is -2.24. The number of esters is 1. The van der Waals surface area contributed by atoms with Crippen LogP contribution in [0.1, 0.15) is 26.2 Å². The summed E-state index contributed by atoms with van der Waals surface area (Å²) in [4.78, 5) is 27.5. The molecule has 0 atom stereocenters. The van der Waals surface area contributed by atoms with E-state index >= 15 is 0 Å². The van der Waals surface area contributed by atoms with Crippen LogP contribution in [0.2, 0.25) is 0 Å². The molecule has 0 rings (SSSR count). The van der Waals surface area contributed by atoms with Crippen molar-refractivity contribution in [3.63, 3.8) is 0 Å². The fourth-order valence-electron chi connectivity index (χ4n) is 0.888. The molecule has 0 aromatic rings. The smallest absolute Gasteiger partial charge is 0.342 e. The molecule has 1 N–H and O–H groups in total. The van der Waals surface area contributed by atoms with Crippen molar-refractivity contribution in [3.8, 4) is 0 Å². The first-order chi connectivity index (χ1) is 8.06. The molecule has 0 aromatic heterocycles. The normalized spacial score (nSPS) is 10.3. The van der Waals surface area contributed by atoms with Crippen molar-refractivity contribution in [1.82, 2.24) is 10.2 Å². The summed E-state index contributed by atoms with van der Waals surface area (Å²) in [6.07, 6.45) is 3.43. The average molecular weight is 243 g/mol. The minimum absolute atomic E-state index is 0.174. The molecule has 0 saturated carbocycles. The van der Waals surface area contributed by atoms with Crippen molar-refractivity contribution >= 4 is 18.3 Å². The van der Waals surface area contributed by atoms with Crippen LogP contribution in [0, 0.1) is 0 Å². The lowest BCUT2D eigenvalue weighted by molar-refractivity contribution is -0.143. The molecule has 17 heavy (non-hydrogen) atoms. The highest BCUT2D eigenvalue weighted by Crippen LogP contribution is 1.91. The fraction of sp³-hybridized carbons (Fsp3) is 0.727. The van der Waals surface area contributed by atoms with Gasteiger partial charge in [-0.1, -0.05) is 13.3 Å². The highest BCUT2D eigenvalue weighted by molar-refractivity contribution is 5.83. The summed E-state index contributed by atoms with van der Waals surface area (Å²) in [5.41, 5.74) is 0. The van der Waals surface area contributed by atoms with Crippen LogP contribution in [0.25, 0.3) is 0 Å².